The molecular formula is C22H24N3O2+. The molecule has 1 aromatic heterocycles. The van der Waals surface area contributed by atoms with Gasteiger partial charge in [0.25, 0.3) is 5.91 Å². The molecule has 5 nitrogen and oxygen atoms in total. The van der Waals surface area contributed by atoms with Crippen LogP contribution in [0.25, 0.3) is 11.1 Å². The van der Waals surface area contributed by atoms with Gasteiger partial charge in [0.2, 0.25) is 0 Å². The van der Waals surface area contributed by atoms with Crippen molar-refractivity contribution in [3.8, 4) is 11.1 Å². The first-order valence-electron chi connectivity index (χ1n) is 9.39. The Morgan fingerprint density at radius 1 is 1.04 bits per heavy atom. The number of nitrogens with zero attached hydrogens (tertiary/aromatic N) is 2. The zero-order valence-electron chi connectivity index (χ0n) is 15.5. The molecule has 27 heavy (non-hydrogen) atoms. The molecule has 1 N–H and O–H groups in total. The van der Waals surface area contributed by atoms with Crippen LogP contribution < -0.4 is 4.90 Å². The summed E-state index contributed by atoms with van der Waals surface area (Å²) in [4.78, 5) is 16.2. The zero-order chi connectivity index (χ0) is 18.6. The number of nitrogens with one attached hydrogen (secondary N) is 1. The van der Waals surface area contributed by atoms with Gasteiger partial charge in [-0.05, 0) is 30.2 Å². The summed E-state index contributed by atoms with van der Waals surface area (Å²) in [6.45, 7) is 6.16. The van der Waals surface area contributed by atoms with Gasteiger partial charge in [-0.15, -0.1) is 0 Å². The van der Waals surface area contributed by atoms with Gasteiger partial charge in [0.05, 0.1) is 26.2 Å². The fourth-order valence-electron chi connectivity index (χ4n) is 3.58. The highest BCUT2D eigenvalue weighted by Crippen LogP contribution is 2.19. The molecule has 4 rings (SSSR count). The van der Waals surface area contributed by atoms with Crippen LogP contribution in [-0.2, 0) is 6.54 Å². The second-order valence-corrected chi connectivity index (χ2v) is 7.09. The lowest BCUT2D eigenvalue weighted by Gasteiger charge is -2.31. The van der Waals surface area contributed by atoms with Crippen molar-refractivity contribution in [3.63, 3.8) is 0 Å². The molecule has 0 aliphatic carbocycles. The third-order valence-electron chi connectivity index (χ3n) is 5.10. The van der Waals surface area contributed by atoms with E-state index in [0.29, 0.717) is 0 Å². The minimum absolute atomic E-state index is 0.117. The van der Waals surface area contributed by atoms with E-state index in [1.54, 1.807) is 0 Å². The molecule has 0 saturated carbocycles. The van der Waals surface area contributed by atoms with Gasteiger partial charge >= 0.3 is 0 Å². The molecular weight excluding hydrogens is 338 g/mol. The number of hydrogen-bond donors (Lipinski definition) is 1. The van der Waals surface area contributed by atoms with Crippen LogP contribution in [0, 0.1) is 6.92 Å². The Kier molecular flexibility index (Phi) is 5.03. The largest absolute Gasteiger partial charge is 0.361 e. The number of aryl methyl sites for hydroxylation is 1. The average molecular weight is 362 g/mol. The maximum absolute atomic E-state index is 12.8. The second-order valence-electron chi connectivity index (χ2n) is 7.09. The maximum atomic E-state index is 12.8. The van der Waals surface area contributed by atoms with Crippen LogP contribution in [0.3, 0.4) is 0 Å². The average Bonchev–Trinajstić information content (AvgIpc) is 3.13. The monoisotopic (exact) mass is 362 g/mol. The number of carbonyl (C=O) groups excluding carboxylic acids is 1. The summed E-state index contributed by atoms with van der Waals surface area (Å²) in [7, 11) is 0. The summed E-state index contributed by atoms with van der Waals surface area (Å²) in [6.07, 6.45) is 0. The number of carbonyl (C=O) groups is 1. The molecule has 0 atom stereocenters. The van der Waals surface area contributed by atoms with Crippen LogP contribution in [0.2, 0.25) is 0 Å². The summed E-state index contributed by atoms with van der Waals surface area (Å²) >= 11 is 0. The van der Waals surface area contributed by atoms with Crippen LogP contribution in [0.4, 0.5) is 0 Å². The number of benzene rings is 2. The van der Waals surface area contributed by atoms with Gasteiger partial charge in [-0.3, -0.25) is 4.79 Å². The molecule has 1 amide bonds. The molecule has 0 radical (unpaired) electrons. The number of rotatable bonds is 4. The molecule has 0 spiro atoms. The molecule has 1 aliphatic heterocycles. The van der Waals surface area contributed by atoms with E-state index < -0.39 is 0 Å². The van der Waals surface area contributed by atoms with E-state index in [1.807, 2.05) is 60.4 Å². The van der Waals surface area contributed by atoms with Crippen molar-refractivity contribution in [1.29, 1.82) is 0 Å². The lowest BCUT2D eigenvalue weighted by molar-refractivity contribution is -0.917. The lowest BCUT2D eigenvalue weighted by atomic mass is 10.0. The van der Waals surface area contributed by atoms with Crippen LogP contribution in [0.1, 0.15) is 21.8 Å². The van der Waals surface area contributed by atoms with E-state index in [4.69, 9.17) is 4.52 Å². The van der Waals surface area contributed by atoms with Crippen LogP contribution in [0.15, 0.2) is 65.2 Å². The van der Waals surface area contributed by atoms with E-state index in [9.17, 15) is 4.79 Å². The molecule has 2 aromatic carbocycles. The van der Waals surface area contributed by atoms with E-state index in [1.165, 1.54) is 4.90 Å². The Labute approximate surface area is 159 Å². The van der Waals surface area contributed by atoms with Gasteiger partial charge in [0, 0.05) is 11.6 Å². The Balaban J connectivity index is 1.35. The standard InChI is InChI=1S/C22H23N3O2/c1-17-15-21(23-27-17)16-24-11-13-25(14-12-24)22(26)20-9-7-19(8-10-20)18-5-3-2-4-6-18/h2-10,15H,11-14,16H2,1H3/p+1. The highest BCUT2D eigenvalue weighted by molar-refractivity contribution is 5.94. The van der Waals surface area contributed by atoms with Crippen LogP contribution >= 0.6 is 0 Å². The Bertz CT molecular complexity index is 895. The Morgan fingerprint density at radius 3 is 2.33 bits per heavy atom. The van der Waals surface area contributed by atoms with Crippen molar-refractivity contribution in [2.75, 3.05) is 26.2 Å². The predicted octanol–water partition coefficient (Wildman–Crippen LogP) is 2.19. The van der Waals surface area contributed by atoms with E-state index >= 15 is 0 Å². The lowest BCUT2D eigenvalue weighted by Crippen LogP contribution is -3.13. The molecule has 1 aliphatic rings. The highest BCUT2D eigenvalue weighted by Gasteiger charge is 2.25. The Morgan fingerprint density at radius 2 is 1.70 bits per heavy atom. The first kappa shape index (κ1) is 17.5. The van der Waals surface area contributed by atoms with E-state index in [0.717, 1.165) is 60.9 Å². The first-order valence-corrected chi connectivity index (χ1v) is 9.39. The molecule has 3 aromatic rings. The summed E-state index contributed by atoms with van der Waals surface area (Å²) in [5, 5.41) is 4.07. The number of piperazine rings is 1. The second kappa shape index (κ2) is 7.76. The normalized spacial score (nSPS) is 15.1. The molecule has 0 unspecified atom stereocenters. The quantitative estimate of drug-likeness (QED) is 0.774. The summed E-state index contributed by atoms with van der Waals surface area (Å²) in [6, 6.07) is 20.1. The van der Waals surface area contributed by atoms with Gasteiger partial charge in [0.1, 0.15) is 18.0 Å². The molecule has 1 fully saturated rings. The molecule has 5 heteroatoms. The van der Waals surface area contributed by atoms with Crippen molar-refractivity contribution in [3.05, 3.63) is 77.7 Å². The van der Waals surface area contributed by atoms with Crippen molar-refractivity contribution < 1.29 is 14.2 Å². The van der Waals surface area contributed by atoms with E-state index in [2.05, 4.69) is 17.3 Å². The van der Waals surface area contributed by atoms with E-state index in [-0.39, 0.29) is 5.91 Å². The fraction of sp³-hybridized carbons (Fsp3) is 0.273. The van der Waals surface area contributed by atoms with Crippen molar-refractivity contribution in [1.82, 2.24) is 10.1 Å². The van der Waals surface area contributed by atoms with Crippen molar-refractivity contribution >= 4 is 5.91 Å². The molecule has 138 valence electrons. The number of aromatic nitrogens is 1. The number of quaternary nitrogens is 1. The summed E-state index contributed by atoms with van der Waals surface area (Å²) in [5.74, 6) is 0.961. The van der Waals surface area contributed by atoms with Crippen LogP contribution in [0.5, 0.6) is 0 Å². The third-order valence-corrected chi connectivity index (χ3v) is 5.10. The van der Waals surface area contributed by atoms with Crippen molar-refractivity contribution in [2.45, 2.75) is 13.5 Å². The maximum Gasteiger partial charge on any atom is 0.254 e. The van der Waals surface area contributed by atoms with Crippen molar-refractivity contribution in [2.24, 2.45) is 0 Å². The third kappa shape index (κ3) is 4.09. The van der Waals surface area contributed by atoms with Gasteiger partial charge in [-0.2, -0.15) is 0 Å². The molecule has 1 saturated heterocycles. The van der Waals surface area contributed by atoms with Gasteiger partial charge in [0.15, 0.2) is 0 Å². The fourth-order valence-corrected chi connectivity index (χ4v) is 3.58. The smallest absolute Gasteiger partial charge is 0.254 e. The topological polar surface area (TPSA) is 50.8 Å². The van der Waals surface area contributed by atoms with Gasteiger partial charge in [-0.1, -0.05) is 47.6 Å². The molecule has 0 bridgehead atoms. The minimum atomic E-state index is 0.117. The predicted molar refractivity (Wildman–Crippen MR) is 103 cm³/mol. The SMILES string of the molecule is Cc1cc(C[NH+]2CCN(C(=O)c3ccc(-c4ccccc4)cc3)CC2)no1. The Hall–Kier alpha value is -2.92. The number of hydrogen-bond acceptors (Lipinski definition) is 3. The molecule has 2 heterocycles. The summed E-state index contributed by atoms with van der Waals surface area (Å²) in [5.41, 5.74) is 4.03. The van der Waals surface area contributed by atoms with Crippen LogP contribution in [-0.4, -0.2) is 42.1 Å². The first-order chi connectivity index (χ1) is 13.2. The van der Waals surface area contributed by atoms with Gasteiger partial charge < -0.3 is 14.3 Å². The summed E-state index contributed by atoms with van der Waals surface area (Å²) < 4.78 is 5.14. The minimum Gasteiger partial charge on any atom is -0.361 e. The zero-order valence-corrected chi connectivity index (χ0v) is 15.5. The van der Waals surface area contributed by atoms with Gasteiger partial charge in [-0.25, -0.2) is 0 Å². The number of amides is 1. The highest BCUT2D eigenvalue weighted by atomic mass is 16.5.